The fourth-order valence-electron chi connectivity index (χ4n) is 2.31. The minimum atomic E-state index is -1.20. The molecule has 106 valence electrons. The van der Waals surface area contributed by atoms with Gasteiger partial charge >= 0.3 is 0 Å². The van der Waals surface area contributed by atoms with Gasteiger partial charge in [-0.1, -0.05) is 13.8 Å². The van der Waals surface area contributed by atoms with Crippen LogP contribution in [0.3, 0.4) is 0 Å². The molecule has 0 bridgehead atoms. The molecule has 0 radical (unpaired) electrons. The van der Waals surface area contributed by atoms with E-state index < -0.39 is 11.2 Å². The summed E-state index contributed by atoms with van der Waals surface area (Å²) in [5, 5.41) is 22.9. The van der Waals surface area contributed by atoms with E-state index in [1.807, 2.05) is 0 Å². The van der Waals surface area contributed by atoms with E-state index >= 15 is 0 Å². The van der Waals surface area contributed by atoms with Gasteiger partial charge in [-0.25, -0.2) is 0 Å². The summed E-state index contributed by atoms with van der Waals surface area (Å²) >= 11 is 0. The fourth-order valence-corrected chi connectivity index (χ4v) is 2.31. The average Bonchev–Trinajstić information content (AvgIpc) is 2.72. The Balaban J connectivity index is 2.37. The first-order valence-electron chi connectivity index (χ1n) is 6.98. The second kappa shape index (κ2) is 6.02. The van der Waals surface area contributed by atoms with Crippen molar-refractivity contribution in [3.63, 3.8) is 0 Å². The molecule has 1 aliphatic rings. The highest BCUT2D eigenvalue weighted by Gasteiger charge is 2.39. The summed E-state index contributed by atoms with van der Waals surface area (Å²) in [6.45, 7) is 6.15. The summed E-state index contributed by atoms with van der Waals surface area (Å²) in [5.74, 6) is 0.205. The summed E-state index contributed by atoms with van der Waals surface area (Å²) < 4.78 is 0. The predicted molar refractivity (Wildman–Crippen MR) is 71.1 cm³/mol. The molecule has 1 aliphatic carbocycles. The van der Waals surface area contributed by atoms with Gasteiger partial charge in [0.1, 0.15) is 5.60 Å². The van der Waals surface area contributed by atoms with Crippen molar-refractivity contribution in [3.8, 4) is 0 Å². The lowest BCUT2D eigenvalue weighted by atomic mass is 9.94. The first-order valence-corrected chi connectivity index (χ1v) is 6.98. The van der Waals surface area contributed by atoms with E-state index in [9.17, 15) is 15.0 Å². The van der Waals surface area contributed by atoms with Crippen molar-refractivity contribution in [3.05, 3.63) is 0 Å². The molecule has 1 fully saturated rings. The second-order valence-corrected chi connectivity index (χ2v) is 6.35. The molecule has 0 aliphatic heterocycles. The van der Waals surface area contributed by atoms with Crippen LogP contribution in [0, 0.1) is 5.92 Å². The summed E-state index contributed by atoms with van der Waals surface area (Å²) in [6.07, 6.45) is 4.44. The molecule has 1 saturated carbocycles. The van der Waals surface area contributed by atoms with Crippen molar-refractivity contribution < 1.29 is 15.0 Å². The van der Waals surface area contributed by atoms with Gasteiger partial charge in [-0.15, -0.1) is 0 Å². The van der Waals surface area contributed by atoms with Crippen molar-refractivity contribution >= 4 is 5.91 Å². The molecule has 4 nitrogen and oxygen atoms in total. The average molecular weight is 257 g/mol. The number of aliphatic hydroxyl groups is 2. The van der Waals surface area contributed by atoms with E-state index in [2.05, 4.69) is 19.2 Å². The molecular formula is C14H27NO3. The standard InChI is InChI=1S/C14H27NO3/c1-11(2)6-9-13(3,17)10-15-12(16)14(18)7-4-5-8-14/h11,17-18H,4-10H2,1-3H3,(H,15,16). The van der Waals surface area contributed by atoms with Gasteiger partial charge in [0.25, 0.3) is 5.91 Å². The number of carbonyl (C=O) groups excluding carboxylic acids is 1. The molecule has 0 aromatic heterocycles. The highest BCUT2D eigenvalue weighted by atomic mass is 16.3. The molecule has 4 heteroatoms. The van der Waals surface area contributed by atoms with Crippen LogP contribution in [0.15, 0.2) is 0 Å². The first-order chi connectivity index (χ1) is 8.25. The largest absolute Gasteiger partial charge is 0.388 e. The van der Waals surface area contributed by atoms with Crippen LogP contribution >= 0.6 is 0 Å². The predicted octanol–water partition coefficient (Wildman–Crippen LogP) is 1.59. The van der Waals surface area contributed by atoms with Gasteiger partial charge in [0.15, 0.2) is 0 Å². The van der Waals surface area contributed by atoms with Crippen molar-refractivity contribution in [2.45, 2.75) is 70.5 Å². The minimum Gasteiger partial charge on any atom is -0.388 e. The van der Waals surface area contributed by atoms with Gasteiger partial charge in [-0.3, -0.25) is 4.79 Å². The van der Waals surface area contributed by atoms with Crippen LogP contribution in [0.1, 0.15) is 59.3 Å². The van der Waals surface area contributed by atoms with Crippen LogP contribution in [0.5, 0.6) is 0 Å². The first kappa shape index (κ1) is 15.4. The van der Waals surface area contributed by atoms with Gasteiger partial charge in [-0.05, 0) is 51.4 Å². The summed E-state index contributed by atoms with van der Waals surface area (Å²) in [5.41, 5.74) is -2.09. The normalized spacial score (nSPS) is 21.9. The van der Waals surface area contributed by atoms with Crippen molar-refractivity contribution in [2.24, 2.45) is 5.92 Å². The number of hydrogen-bond donors (Lipinski definition) is 3. The molecule has 0 aromatic rings. The zero-order chi connectivity index (χ0) is 13.8. The Bertz CT molecular complexity index is 281. The summed E-state index contributed by atoms with van der Waals surface area (Å²) in [6, 6.07) is 0. The second-order valence-electron chi connectivity index (χ2n) is 6.35. The Hall–Kier alpha value is -0.610. The smallest absolute Gasteiger partial charge is 0.252 e. The van der Waals surface area contributed by atoms with Crippen molar-refractivity contribution in [1.82, 2.24) is 5.32 Å². The van der Waals surface area contributed by atoms with Crippen LogP contribution in [0.4, 0.5) is 0 Å². The SMILES string of the molecule is CC(C)CCC(C)(O)CNC(=O)C1(O)CCCC1. The summed E-state index contributed by atoms with van der Waals surface area (Å²) in [7, 11) is 0. The van der Waals surface area contributed by atoms with E-state index in [1.54, 1.807) is 6.92 Å². The Morgan fingerprint density at radius 2 is 1.94 bits per heavy atom. The van der Waals surface area contributed by atoms with Crippen molar-refractivity contribution in [2.75, 3.05) is 6.54 Å². The zero-order valence-electron chi connectivity index (χ0n) is 11.8. The number of hydrogen-bond acceptors (Lipinski definition) is 3. The third-order valence-electron chi connectivity index (χ3n) is 3.74. The molecule has 0 spiro atoms. The number of rotatable bonds is 6. The lowest BCUT2D eigenvalue weighted by Crippen LogP contribution is -2.49. The molecule has 0 saturated heterocycles. The molecule has 1 rings (SSSR count). The monoisotopic (exact) mass is 257 g/mol. The van der Waals surface area contributed by atoms with Crippen LogP contribution in [0.25, 0.3) is 0 Å². The highest BCUT2D eigenvalue weighted by Crippen LogP contribution is 2.29. The molecule has 1 amide bonds. The summed E-state index contributed by atoms with van der Waals surface area (Å²) in [4.78, 5) is 11.9. The quantitative estimate of drug-likeness (QED) is 0.677. The Kier molecular flexibility index (Phi) is 5.17. The molecule has 1 unspecified atom stereocenters. The third-order valence-corrected chi connectivity index (χ3v) is 3.74. The number of carbonyl (C=O) groups is 1. The molecule has 0 aromatic carbocycles. The molecule has 3 N–H and O–H groups in total. The van der Waals surface area contributed by atoms with E-state index in [0.717, 1.165) is 19.3 Å². The Morgan fingerprint density at radius 3 is 2.44 bits per heavy atom. The molecular weight excluding hydrogens is 230 g/mol. The lowest BCUT2D eigenvalue weighted by molar-refractivity contribution is -0.140. The van der Waals surface area contributed by atoms with Gasteiger partial charge in [-0.2, -0.15) is 0 Å². The fraction of sp³-hybridized carbons (Fsp3) is 0.929. The van der Waals surface area contributed by atoms with Gasteiger partial charge in [0.2, 0.25) is 0 Å². The number of nitrogens with one attached hydrogen (secondary N) is 1. The molecule has 0 heterocycles. The minimum absolute atomic E-state index is 0.209. The number of amides is 1. The van der Waals surface area contributed by atoms with Crippen molar-refractivity contribution in [1.29, 1.82) is 0 Å². The van der Waals surface area contributed by atoms with Gasteiger partial charge in [0, 0.05) is 6.54 Å². The maximum Gasteiger partial charge on any atom is 0.252 e. The van der Waals surface area contributed by atoms with E-state index in [1.165, 1.54) is 0 Å². The molecule has 1 atom stereocenters. The topological polar surface area (TPSA) is 69.6 Å². The molecule has 18 heavy (non-hydrogen) atoms. The van der Waals surface area contributed by atoms with E-state index in [-0.39, 0.29) is 12.5 Å². The maximum atomic E-state index is 11.9. The maximum absolute atomic E-state index is 11.9. The third kappa shape index (κ3) is 4.58. The van der Waals surface area contributed by atoms with Crippen LogP contribution in [-0.2, 0) is 4.79 Å². The lowest BCUT2D eigenvalue weighted by Gasteiger charge is -2.27. The van der Waals surface area contributed by atoms with E-state index in [4.69, 9.17) is 0 Å². The Morgan fingerprint density at radius 1 is 1.39 bits per heavy atom. The van der Waals surface area contributed by atoms with E-state index in [0.29, 0.717) is 25.2 Å². The van der Waals surface area contributed by atoms with Gasteiger partial charge < -0.3 is 15.5 Å². The zero-order valence-corrected chi connectivity index (χ0v) is 11.8. The van der Waals surface area contributed by atoms with Crippen LogP contribution < -0.4 is 5.32 Å². The van der Waals surface area contributed by atoms with Crippen LogP contribution in [-0.4, -0.2) is 33.9 Å². The highest BCUT2D eigenvalue weighted by molar-refractivity contribution is 5.85. The van der Waals surface area contributed by atoms with Crippen LogP contribution in [0.2, 0.25) is 0 Å². The Labute approximate surface area is 110 Å². The van der Waals surface area contributed by atoms with Gasteiger partial charge in [0.05, 0.1) is 5.60 Å².